The van der Waals surface area contributed by atoms with Crippen molar-refractivity contribution in [2.24, 2.45) is 5.92 Å². The summed E-state index contributed by atoms with van der Waals surface area (Å²) in [5, 5.41) is 6.82. The molecule has 2 aliphatic rings. The number of para-hydroxylation sites is 1. The number of hydrogen-bond acceptors (Lipinski definition) is 3. The molecule has 0 aliphatic carbocycles. The first-order valence-corrected chi connectivity index (χ1v) is 6.91. The van der Waals surface area contributed by atoms with Gasteiger partial charge in [0, 0.05) is 19.7 Å². The average molecular weight is 291 g/mol. The first kappa shape index (κ1) is 13.2. The molecule has 2 heterocycles. The van der Waals surface area contributed by atoms with Gasteiger partial charge in [-0.15, -0.1) is 0 Å². The van der Waals surface area contributed by atoms with E-state index in [0.717, 1.165) is 11.3 Å². The number of nitrogens with one attached hydrogen (secondary N) is 2. The Morgan fingerprint density at radius 1 is 1.40 bits per heavy atom. The summed E-state index contributed by atoms with van der Waals surface area (Å²) in [4.78, 5) is 14.1. The van der Waals surface area contributed by atoms with Crippen LogP contribution >= 0.6 is 12.2 Å². The van der Waals surface area contributed by atoms with E-state index in [9.17, 15) is 4.79 Å². The van der Waals surface area contributed by atoms with Crippen LogP contribution in [-0.2, 0) is 4.79 Å². The molecule has 106 valence electrons. The van der Waals surface area contributed by atoms with E-state index in [1.165, 1.54) is 0 Å². The lowest BCUT2D eigenvalue weighted by Crippen LogP contribution is -2.70. The van der Waals surface area contributed by atoms with Crippen LogP contribution in [0.1, 0.15) is 18.5 Å². The fourth-order valence-corrected chi connectivity index (χ4v) is 3.27. The van der Waals surface area contributed by atoms with Gasteiger partial charge in [-0.2, -0.15) is 0 Å². The van der Waals surface area contributed by atoms with Gasteiger partial charge in [-0.05, 0) is 25.2 Å². The van der Waals surface area contributed by atoms with Gasteiger partial charge in [-0.3, -0.25) is 4.79 Å². The van der Waals surface area contributed by atoms with Crippen LogP contribution in [0.2, 0.25) is 0 Å². The van der Waals surface area contributed by atoms with E-state index < -0.39 is 5.72 Å². The van der Waals surface area contributed by atoms with Crippen LogP contribution in [0.4, 0.5) is 0 Å². The summed E-state index contributed by atoms with van der Waals surface area (Å²) in [5.74, 6) is 0.416. The Morgan fingerprint density at radius 3 is 2.80 bits per heavy atom. The normalized spacial score (nSPS) is 30.4. The molecule has 0 saturated carbocycles. The van der Waals surface area contributed by atoms with Crippen LogP contribution < -0.4 is 15.4 Å². The number of thiocarbonyl (C=S) groups is 1. The zero-order valence-electron chi connectivity index (χ0n) is 11.6. The maximum Gasteiger partial charge on any atom is 0.233 e. The van der Waals surface area contributed by atoms with E-state index in [1.54, 1.807) is 19.0 Å². The molecule has 0 aromatic heterocycles. The maximum absolute atomic E-state index is 12.6. The van der Waals surface area contributed by atoms with Crippen LogP contribution in [0.5, 0.6) is 5.75 Å². The van der Waals surface area contributed by atoms with Gasteiger partial charge in [0.2, 0.25) is 5.91 Å². The first-order chi connectivity index (χ1) is 9.42. The van der Waals surface area contributed by atoms with Gasteiger partial charge in [0.05, 0.1) is 6.04 Å². The summed E-state index contributed by atoms with van der Waals surface area (Å²) in [7, 11) is 3.50. The topological polar surface area (TPSA) is 53.6 Å². The Kier molecular flexibility index (Phi) is 2.86. The van der Waals surface area contributed by atoms with E-state index in [-0.39, 0.29) is 17.9 Å². The Balaban J connectivity index is 2.13. The molecule has 0 spiro atoms. The molecule has 1 aromatic carbocycles. The van der Waals surface area contributed by atoms with Crippen LogP contribution in [0.15, 0.2) is 24.3 Å². The fourth-order valence-electron chi connectivity index (χ4n) is 2.94. The van der Waals surface area contributed by atoms with Gasteiger partial charge in [0.1, 0.15) is 11.7 Å². The highest BCUT2D eigenvalue weighted by Gasteiger charge is 2.54. The summed E-state index contributed by atoms with van der Waals surface area (Å²) >= 11 is 5.24. The minimum atomic E-state index is -0.831. The summed E-state index contributed by atoms with van der Waals surface area (Å²) < 4.78 is 6.06. The smallest absolute Gasteiger partial charge is 0.233 e. The number of ether oxygens (including phenoxy) is 1. The van der Waals surface area contributed by atoms with Gasteiger partial charge in [-0.25, -0.2) is 0 Å². The zero-order valence-corrected chi connectivity index (χ0v) is 12.5. The number of rotatable bonds is 1. The van der Waals surface area contributed by atoms with Crippen molar-refractivity contribution < 1.29 is 9.53 Å². The lowest BCUT2D eigenvalue weighted by molar-refractivity contribution is -0.146. The van der Waals surface area contributed by atoms with Gasteiger partial charge in [0.25, 0.3) is 0 Å². The van der Waals surface area contributed by atoms with Crippen LogP contribution in [-0.4, -0.2) is 35.7 Å². The molecule has 1 fully saturated rings. The quantitative estimate of drug-likeness (QED) is 0.757. The van der Waals surface area contributed by atoms with Crippen LogP contribution in [0, 0.1) is 5.92 Å². The highest BCUT2D eigenvalue weighted by molar-refractivity contribution is 7.80. The standard InChI is InChI=1S/C14H17N3O2S/c1-14-10(12(18)17(2)3)11(15-13(20)16-14)8-6-4-5-7-9(8)19-14/h4-7,10-11H,1-3H3,(H2,15,16,20)/t10-,11-,14-/m0/s1. The van der Waals surface area contributed by atoms with Crippen molar-refractivity contribution >= 4 is 23.2 Å². The number of carbonyl (C=O) groups is 1. The third-order valence-electron chi connectivity index (χ3n) is 3.86. The van der Waals surface area contributed by atoms with E-state index in [1.807, 2.05) is 31.2 Å². The SMILES string of the molecule is CN(C)C(=O)[C@@H]1[C@H]2NC(=S)N[C@@]1(C)Oc1ccccc12. The van der Waals surface area contributed by atoms with Crippen molar-refractivity contribution in [1.29, 1.82) is 0 Å². The van der Waals surface area contributed by atoms with E-state index >= 15 is 0 Å². The van der Waals surface area contributed by atoms with Crippen molar-refractivity contribution in [3.8, 4) is 5.75 Å². The number of benzene rings is 1. The molecule has 3 rings (SSSR count). The van der Waals surface area contributed by atoms with Gasteiger partial charge < -0.3 is 20.3 Å². The molecular formula is C14H17N3O2S. The van der Waals surface area contributed by atoms with Gasteiger partial charge in [0.15, 0.2) is 10.8 Å². The van der Waals surface area contributed by atoms with Crippen molar-refractivity contribution in [3.05, 3.63) is 29.8 Å². The van der Waals surface area contributed by atoms with Crippen molar-refractivity contribution in [2.45, 2.75) is 18.7 Å². The van der Waals surface area contributed by atoms with Crippen molar-refractivity contribution in [3.63, 3.8) is 0 Å². The highest BCUT2D eigenvalue weighted by atomic mass is 32.1. The summed E-state index contributed by atoms with van der Waals surface area (Å²) in [6, 6.07) is 7.57. The minimum Gasteiger partial charge on any atom is -0.467 e. The largest absolute Gasteiger partial charge is 0.467 e. The molecule has 1 amide bonds. The highest BCUT2D eigenvalue weighted by Crippen LogP contribution is 2.44. The second-order valence-electron chi connectivity index (χ2n) is 5.53. The molecule has 3 atom stereocenters. The number of nitrogens with zero attached hydrogens (tertiary/aromatic N) is 1. The second kappa shape index (κ2) is 4.34. The number of hydrogen-bond donors (Lipinski definition) is 2. The minimum absolute atomic E-state index is 0.00880. The molecule has 2 N–H and O–H groups in total. The molecule has 1 aromatic rings. The van der Waals surface area contributed by atoms with E-state index in [0.29, 0.717) is 5.11 Å². The van der Waals surface area contributed by atoms with Gasteiger partial charge >= 0.3 is 0 Å². The lowest BCUT2D eigenvalue weighted by atomic mass is 9.80. The number of fused-ring (bicyclic) bond motifs is 4. The molecule has 2 bridgehead atoms. The zero-order chi connectivity index (χ0) is 14.5. The molecule has 2 aliphatic heterocycles. The van der Waals surface area contributed by atoms with E-state index in [4.69, 9.17) is 17.0 Å². The van der Waals surface area contributed by atoms with Crippen molar-refractivity contribution in [1.82, 2.24) is 15.5 Å². The Morgan fingerprint density at radius 2 is 2.10 bits per heavy atom. The third kappa shape index (κ3) is 1.83. The Bertz CT molecular complexity index is 590. The summed E-state index contributed by atoms with van der Waals surface area (Å²) in [6.07, 6.45) is 0. The van der Waals surface area contributed by atoms with Crippen LogP contribution in [0.3, 0.4) is 0 Å². The number of amides is 1. The van der Waals surface area contributed by atoms with Gasteiger partial charge in [-0.1, -0.05) is 18.2 Å². The molecule has 5 nitrogen and oxygen atoms in total. The van der Waals surface area contributed by atoms with Crippen LogP contribution in [0.25, 0.3) is 0 Å². The summed E-state index contributed by atoms with van der Waals surface area (Å²) in [5.41, 5.74) is 0.136. The number of carbonyl (C=O) groups excluding carboxylic acids is 1. The average Bonchev–Trinajstić information content (AvgIpc) is 2.36. The van der Waals surface area contributed by atoms with E-state index in [2.05, 4.69) is 10.6 Å². The second-order valence-corrected chi connectivity index (χ2v) is 5.94. The lowest BCUT2D eigenvalue weighted by Gasteiger charge is -2.51. The molecule has 20 heavy (non-hydrogen) atoms. The molecule has 1 saturated heterocycles. The molecular weight excluding hydrogens is 274 g/mol. The predicted molar refractivity (Wildman–Crippen MR) is 79.3 cm³/mol. The summed E-state index contributed by atoms with van der Waals surface area (Å²) in [6.45, 7) is 1.87. The monoisotopic (exact) mass is 291 g/mol. The Hall–Kier alpha value is -1.82. The Labute approximate surface area is 123 Å². The third-order valence-corrected chi connectivity index (χ3v) is 4.08. The molecule has 6 heteroatoms. The first-order valence-electron chi connectivity index (χ1n) is 6.50. The maximum atomic E-state index is 12.6. The molecule has 0 radical (unpaired) electrons. The fraction of sp³-hybridized carbons (Fsp3) is 0.429. The predicted octanol–water partition coefficient (Wildman–Crippen LogP) is 1.02. The molecule has 0 unspecified atom stereocenters. The van der Waals surface area contributed by atoms with Crippen molar-refractivity contribution in [2.75, 3.05) is 14.1 Å².